The smallest absolute Gasteiger partial charge is 0.318 e. The number of thiophene rings is 1. The van der Waals surface area contributed by atoms with E-state index < -0.39 is 0 Å². The largest absolute Gasteiger partial charge is 0.330 e. The van der Waals surface area contributed by atoms with Crippen LogP contribution in [0.1, 0.15) is 42.7 Å². The van der Waals surface area contributed by atoms with E-state index in [0.29, 0.717) is 12.1 Å². The fourth-order valence-electron chi connectivity index (χ4n) is 2.66. The third-order valence-electron chi connectivity index (χ3n) is 4.14. The van der Waals surface area contributed by atoms with E-state index in [0.717, 1.165) is 24.1 Å². The van der Waals surface area contributed by atoms with Crippen molar-refractivity contribution in [3.05, 3.63) is 58.0 Å². The van der Waals surface area contributed by atoms with Crippen molar-refractivity contribution in [3.8, 4) is 0 Å². The van der Waals surface area contributed by atoms with Crippen molar-refractivity contribution < 1.29 is 9.18 Å². The van der Waals surface area contributed by atoms with E-state index in [1.165, 1.54) is 6.07 Å². The van der Waals surface area contributed by atoms with E-state index in [1.807, 2.05) is 23.6 Å². The molecule has 0 aliphatic heterocycles. The monoisotopic (exact) mass is 332 g/mol. The molecule has 0 bridgehead atoms. The third kappa shape index (κ3) is 3.91. The summed E-state index contributed by atoms with van der Waals surface area (Å²) in [6.45, 7) is 2.38. The average molecular weight is 332 g/mol. The summed E-state index contributed by atoms with van der Waals surface area (Å²) in [6, 6.07) is 10.8. The van der Waals surface area contributed by atoms with Gasteiger partial charge in [-0.05, 0) is 36.8 Å². The second-order valence-electron chi connectivity index (χ2n) is 5.88. The highest BCUT2D eigenvalue weighted by Gasteiger charge is 2.33. The molecule has 1 aliphatic rings. The Balaban J connectivity index is 1.71. The summed E-state index contributed by atoms with van der Waals surface area (Å²) in [4.78, 5) is 15.6. The zero-order valence-corrected chi connectivity index (χ0v) is 14.0. The predicted octanol–water partition coefficient (Wildman–Crippen LogP) is 4.71. The van der Waals surface area contributed by atoms with Crippen LogP contribution in [0.5, 0.6) is 0 Å². The van der Waals surface area contributed by atoms with Crippen molar-refractivity contribution >= 4 is 17.4 Å². The van der Waals surface area contributed by atoms with Gasteiger partial charge in [0, 0.05) is 16.5 Å². The summed E-state index contributed by atoms with van der Waals surface area (Å²) in [5.41, 5.74) is 0.568. The van der Waals surface area contributed by atoms with Crippen LogP contribution >= 0.6 is 11.3 Å². The molecule has 1 aromatic carbocycles. The Labute approximate surface area is 140 Å². The minimum Gasteiger partial charge on any atom is -0.330 e. The first-order valence-electron chi connectivity index (χ1n) is 8.03. The number of carbonyl (C=O) groups excluding carboxylic acids is 1. The lowest BCUT2D eigenvalue weighted by molar-refractivity contribution is 0.187. The normalized spacial score (nSPS) is 15.2. The second-order valence-corrected chi connectivity index (χ2v) is 6.86. The van der Waals surface area contributed by atoms with E-state index in [-0.39, 0.29) is 23.9 Å². The lowest BCUT2D eigenvalue weighted by Gasteiger charge is -2.26. The lowest BCUT2D eigenvalue weighted by Crippen LogP contribution is -2.42. The summed E-state index contributed by atoms with van der Waals surface area (Å²) >= 11 is 1.65. The molecule has 1 aromatic heterocycles. The first-order valence-corrected chi connectivity index (χ1v) is 8.91. The first-order chi connectivity index (χ1) is 11.2. The Kier molecular flexibility index (Phi) is 4.96. The number of urea groups is 1. The Morgan fingerprint density at radius 2 is 2.13 bits per heavy atom. The number of benzene rings is 1. The second kappa shape index (κ2) is 7.13. The number of amides is 2. The molecule has 5 heteroatoms. The van der Waals surface area contributed by atoms with Crippen molar-refractivity contribution in [1.82, 2.24) is 10.2 Å². The van der Waals surface area contributed by atoms with Crippen LogP contribution in [0.25, 0.3) is 0 Å². The van der Waals surface area contributed by atoms with E-state index in [9.17, 15) is 9.18 Å². The van der Waals surface area contributed by atoms with Gasteiger partial charge in [0.25, 0.3) is 0 Å². The van der Waals surface area contributed by atoms with E-state index in [1.54, 1.807) is 28.4 Å². The van der Waals surface area contributed by atoms with Crippen molar-refractivity contribution in [1.29, 1.82) is 0 Å². The number of halogens is 1. The van der Waals surface area contributed by atoms with E-state index in [4.69, 9.17) is 0 Å². The number of nitrogens with zero attached hydrogens (tertiary/aromatic N) is 1. The molecule has 1 saturated carbocycles. The summed E-state index contributed by atoms with van der Waals surface area (Å²) in [5.74, 6) is -0.253. The van der Waals surface area contributed by atoms with Crippen LogP contribution in [0.3, 0.4) is 0 Å². The number of carbonyl (C=O) groups is 1. The summed E-state index contributed by atoms with van der Waals surface area (Å²) in [5, 5.41) is 5.12. The Hall–Kier alpha value is -1.88. The maximum Gasteiger partial charge on any atom is 0.318 e. The molecular formula is C18H21FN2OS. The molecule has 23 heavy (non-hydrogen) atoms. The Bertz CT molecular complexity index is 655. The van der Waals surface area contributed by atoms with Gasteiger partial charge >= 0.3 is 6.03 Å². The molecule has 3 rings (SSSR count). The predicted molar refractivity (Wildman–Crippen MR) is 90.8 cm³/mol. The molecule has 2 aromatic rings. The highest BCUT2D eigenvalue weighted by atomic mass is 32.1. The van der Waals surface area contributed by atoms with Gasteiger partial charge < -0.3 is 10.2 Å². The van der Waals surface area contributed by atoms with Crippen molar-refractivity contribution in [3.63, 3.8) is 0 Å². The minimum atomic E-state index is -0.253. The van der Waals surface area contributed by atoms with Crippen molar-refractivity contribution in [2.45, 2.75) is 44.8 Å². The topological polar surface area (TPSA) is 32.3 Å². The zero-order chi connectivity index (χ0) is 16.2. The molecule has 1 fully saturated rings. The van der Waals surface area contributed by atoms with Crippen LogP contribution < -0.4 is 5.32 Å². The molecule has 1 N–H and O–H groups in total. The van der Waals surface area contributed by atoms with E-state index >= 15 is 0 Å². The standard InChI is InChI=1S/C18H21FN2OS/c1-2-16(17-8-5-11-23-17)20-18(22)21(14-9-10-14)12-13-6-3-4-7-15(13)19/h3-8,11,14,16H,2,9-10,12H2,1H3,(H,20,22). The molecule has 3 nitrogen and oxygen atoms in total. The van der Waals surface area contributed by atoms with Crippen LogP contribution in [0.2, 0.25) is 0 Å². The molecule has 1 atom stereocenters. The summed E-state index contributed by atoms with van der Waals surface area (Å²) in [7, 11) is 0. The van der Waals surface area contributed by atoms with Gasteiger partial charge in [-0.1, -0.05) is 31.2 Å². The molecule has 0 spiro atoms. The van der Waals surface area contributed by atoms with Crippen LogP contribution in [-0.2, 0) is 6.54 Å². The molecule has 0 saturated heterocycles. The van der Waals surface area contributed by atoms with Gasteiger partial charge in [0.15, 0.2) is 0 Å². The first kappa shape index (κ1) is 16.0. The number of nitrogens with one attached hydrogen (secondary N) is 1. The zero-order valence-electron chi connectivity index (χ0n) is 13.2. The number of hydrogen-bond acceptors (Lipinski definition) is 2. The molecule has 1 heterocycles. The number of hydrogen-bond donors (Lipinski definition) is 1. The Morgan fingerprint density at radius 3 is 2.74 bits per heavy atom. The molecule has 0 radical (unpaired) electrons. The highest BCUT2D eigenvalue weighted by Crippen LogP contribution is 2.30. The maximum atomic E-state index is 13.9. The van der Waals surface area contributed by atoms with Crippen molar-refractivity contribution in [2.24, 2.45) is 0 Å². The van der Waals surface area contributed by atoms with Crippen LogP contribution in [0, 0.1) is 5.82 Å². The van der Waals surface area contributed by atoms with Gasteiger partial charge in [-0.25, -0.2) is 9.18 Å². The van der Waals surface area contributed by atoms with Gasteiger partial charge in [0.2, 0.25) is 0 Å². The minimum absolute atomic E-state index is 0.0179. The van der Waals surface area contributed by atoms with Crippen LogP contribution in [0.15, 0.2) is 41.8 Å². The molecule has 2 amide bonds. The maximum absolute atomic E-state index is 13.9. The number of rotatable bonds is 6. The summed E-state index contributed by atoms with van der Waals surface area (Å²) < 4.78 is 13.9. The highest BCUT2D eigenvalue weighted by molar-refractivity contribution is 7.10. The van der Waals surface area contributed by atoms with Crippen LogP contribution in [0.4, 0.5) is 9.18 Å². The summed E-state index contributed by atoms with van der Waals surface area (Å²) in [6.07, 6.45) is 2.83. The van der Waals surface area contributed by atoms with Gasteiger partial charge in [-0.2, -0.15) is 0 Å². The lowest BCUT2D eigenvalue weighted by atomic mass is 10.2. The Morgan fingerprint density at radius 1 is 1.35 bits per heavy atom. The fourth-order valence-corrected chi connectivity index (χ4v) is 3.52. The van der Waals surface area contributed by atoms with E-state index in [2.05, 4.69) is 12.2 Å². The van der Waals surface area contributed by atoms with Gasteiger partial charge in [-0.3, -0.25) is 0 Å². The molecular weight excluding hydrogens is 311 g/mol. The van der Waals surface area contributed by atoms with Gasteiger partial charge in [-0.15, -0.1) is 11.3 Å². The van der Waals surface area contributed by atoms with Crippen molar-refractivity contribution in [2.75, 3.05) is 0 Å². The SMILES string of the molecule is CCC(NC(=O)N(Cc1ccccc1F)C1CC1)c1cccs1. The quantitative estimate of drug-likeness (QED) is 0.816. The molecule has 1 aliphatic carbocycles. The van der Waals surface area contributed by atoms with Gasteiger partial charge in [0.05, 0.1) is 12.6 Å². The van der Waals surface area contributed by atoms with Gasteiger partial charge in [0.1, 0.15) is 5.82 Å². The van der Waals surface area contributed by atoms with Crippen LogP contribution in [-0.4, -0.2) is 17.0 Å². The fraction of sp³-hybridized carbons (Fsp3) is 0.389. The average Bonchev–Trinajstić information content (AvgIpc) is 3.25. The molecule has 1 unspecified atom stereocenters. The third-order valence-corrected chi connectivity index (χ3v) is 5.13. The molecule has 122 valence electrons.